The predicted molar refractivity (Wildman–Crippen MR) is 103 cm³/mol. The SMILES string of the molecule is CCc1ccccc1C(Cc1ccccc1)c1ccc(C(=O)O)c(O)c1. The quantitative estimate of drug-likeness (QED) is 0.658. The van der Waals surface area contributed by atoms with Crippen molar-refractivity contribution in [2.75, 3.05) is 0 Å². The molecule has 0 saturated carbocycles. The molecule has 3 aromatic rings. The summed E-state index contributed by atoms with van der Waals surface area (Å²) in [5.74, 6) is -1.27. The van der Waals surface area contributed by atoms with Crippen LogP contribution in [-0.2, 0) is 12.8 Å². The molecule has 1 atom stereocenters. The number of aryl methyl sites for hydroxylation is 1. The van der Waals surface area contributed by atoms with Gasteiger partial charge in [-0.05, 0) is 47.2 Å². The zero-order chi connectivity index (χ0) is 18.5. The number of carbonyl (C=O) groups is 1. The van der Waals surface area contributed by atoms with Gasteiger partial charge >= 0.3 is 5.97 Å². The summed E-state index contributed by atoms with van der Waals surface area (Å²) in [6, 6.07) is 23.4. The molecule has 0 fully saturated rings. The van der Waals surface area contributed by atoms with Crippen LogP contribution in [-0.4, -0.2) is 16.2 Å². The van der Waals surface area contributed by atoms with E-state index in [1.165, 1.54) is 22.8 Å². The van der Waals surface area contributed by atoms with Crippen molar-refractivity contribution in [1.82, 2.24) is 0 Å². The molecule has 2 N–H and O–H groups in total. The second-order valence-electron chi connectivity index (χ2n) is 6.38. The minimum absolute atomic E-state index is 0.0438. The molecule has 0 heterocycles. The fourth-order valence-corrected chi connectivity index (χ4v) is 3.40. The van der Waals surface area contributed by atoms with E-state index in [0.717, 1.165) is 18.4 Å². The van der Waals surface area contributed by atoms with Crippen molar-refractivity contribution < 1.29 is 15.0 Å². The Bertz CT molecular complexity index is 900. The van der Waals surface area contributed by atoms with Crippen molar-refractivity contribution in [1.29, 1.82) is 0 Å². The highest BCUT2D eigenvalue weighted by Crippen LogP contribution is 2.33. The van der Waals surface area contributed by atoms with Gasteiger partial charge in [0.1, 0.15) is 11.3 Å². The van der Waals surface area contributed by atoms with Crippen LogP contribution < -0.4 is 0 Å². The molecule has 3 aromatic carbocycles. The van der Waals surface area contributed by atoms with Gasteiger partial charge in [0, 0.05) is 5.92 Å². The van der Waals surface area contributed by atoms with Crippen LogP contribution in [0, 0.1) is 0 Å². The number of benzene rings is 3. The van der Waals surface area contributed by atoms with E-state index in [9.17, 15) is 9.90 Å². The van der Waals surface area contributed by atoms with Crippen molar-refractivity contribution in [3.63, 3.8) is 0 Å². The minimum atomic E-state index is -1.12. The van der Waals surface area contributed by atoms with E-state index in [4.69, 9.17) is 5.11 Å². The molecular weight excluding hydrogens is 324 g/mol. The molecule has 3 nitrogen and oxygen atoms in total. The number of carboxylic acid groups (broad SMARTS) is 1. The molecule has 0 bridgehead atoms. The van der Waals surface area contributed by atoms with Crippen LogP contribution in [0.1, 0.15) is 45.5 Å². The van der Waals surface area contributed by atoms with E-state index in [1.54, 1.807) is 6.07 Å². The molecule has 3 rings (SSSR count). The minimum Gasteiger partial charge on any atom is -0.507 e. The lowest BCUT2D eigenvalue weighted by molar-refractivity contribution is 0.0693. The molecule has 0 aliphatic carbocycles. The Hall–Kier alpha value is -3.07. The van der Waals surface area contributed by atoms with Crippen molar-refractivity contribution in [3.8, 4) is 5.75 Å². The largest absolute Gasteiger partial charge is 0.507 e. The first-order valence-electron chi connectivity index (χ1n) is 8.78. The zero-order valence-electron chi connectivity index (χ0n) is 14.7. The Kier molecular flexibility index (Phi) is 5.37. The van der Waals surface area contributed by atoms with Crippen LogP contribution >= 0.6 is 0 Å². The van der Waals surface area contributed by atoms with Gasteiger partial charge in [-0.25, -0.2) is 4.79 Å². The highest BCUT2D eigenvalue weighted by molar-refractivity contribution is 5.90. The van der Waals surface area contributed by atoms with Crippen LogP contribution in [0.25, 0.3) is 0 Å². The molecule has 0 aliphatic heterocycles. The molecule has 0 aromatic heterocycles. The summed E-state index contributed by atoms with van der Waals surface area (Å²) in [6.07, 6.45) is 1.70. The fourth-order valence-electron chi connectivity index (χ4n) is 3.40. The molecule has 0 spiro atoms. The number of carboxylic acids is 1. The standard InChI is InChI=1S/C23H22O3/c1-2-17-10-6-7-11-19(17)21(14-16-8-4-3-5-9-16)18-12-13-20(23(25)26)22(24)15-18/h3-13,15,21,24H,2,14H2,1H3,(H,25,26). The van der Waals surface area contributed by atoms with E-state index >= 15 is 0 Å². The van der Waals surface area contributed by atoms with Crippen LogP contribution in [0.4, 0.5) is 0 Å². The van der Waals surface area contributed by atoms with Gasteiger partial charge in [0.2, 0.25) is 0 Å². The maximum atomic E-state index is 11.2. The lowest BCUT2D eigenvalue weighted by Crippen LogP contribution is -2.09. The third-order valence-electron chi connectivity index (χ3n) is 4.75. The zero-order valence-corrected chi connectivity index (χ0v) is 14.7. The predicted octanol–water partition coefficient (Wildman–Crippen LogP) is 5.03. The number of aromatic hydroxyl groups is 1. The van der Waals surface area contributed by atoms with E-state index in [2.05, 4.69) is 31.2 Å². The monoisotopic (exact) mass is 346 g/mol. The first-order chi connectivity index (χ1) is 12.6. The number of aromatic carboxylic acids is 1. The average molecular weight is 346 g/mol. The number of rotatable bonds is 6. The van der Waals surface area contributed by atoms with E-state index in [0.29, 0.717) is 0 Å². The lowest BCUT2D eigenvalue weighted by Gasteiger charge is -2.22. The van der Waals surface area contributed by atoms with Gasteiger partial charge in [-0.1, -0.05) is 67.6 Å². The van der Waals surface area contributed by atoms with Crippen molar-refractivity contribution in [3.05, 3.63) is 101 Å². The van der Waals surface area contributed by atoms with Gasteiger partial charge in [0.25, 0.3) is 0 Å². The molecule has 26 heavy (non-hydrogen) atoms. The molecule has 1 unspecified atom stereocenters. The van der Waals surface area contributed by atoms with E-state index in [-0.39, 0.29) is 17.2 Å². The molecular formula is C23H22O3. The Morgan fingerprint density at radius 3 is 2.31 bits per heavy atom. The fraction of sp³-hybridized carbons (Fsp3) is 0.174. The molecule has 0 aliphatic rings. The van der Waals surface area contributed by atoms with Crippen LogP contribution in [0.3, 0.4) is 0 Å². The smallest absolute Gasteiger partial charge is 0.339 e. The van der Waals surface area contributed by atoms with Gasteiger partial charge in [0.05, 0.1) is 0 Å². The molecule has 0 saturated heterocycles. The topological polar surface area (TPSA) is 57.5 Å². The van der Waals surface area contributed by atoms with Crippen LogP contribution in [0.5, 0.6) is 5.75 Å². The van der Waals surface area contributed by atoms with Crippen molar-refractivity contribution in [2.24, 2.45) is 0 Å². The third kappa shape index (κ3) is 3.77. The van der Waals surface area contributed by atoms with E-state index in [1.807, 2.05) is 36.4 Å². The summed E-state index contributed by atoms with van der Waals surface area (Å²) in [5.41, 5.74) is 4.51. The summed E-state index contributed by atoms with van der Waals surface area (Å²) < 4.78 is 0. The Morgan fingerprint density at radius 1 is 0.962 bits per heavy atom. The summed E-state index contributed by atoms with van der Waals surface area (Å²) >= 11 is 0. The van der Waals surface area contributed by atoms with Gasteiger partial charge in [-0.3, -0.25) is 0 Å². The maximum absolute atomic E-state index is 11.2. The van der Waals surface area contributed by atoms with Gasteiger partial charge in [-0.2, -0.15) is 0 Å². The van der Waals surface area contributed by atoms with Gasteiger partial charge < -0.3 is 10.2 Å². The second kappa shape index (κ2) is 7.87. The Balaban J connectivity index is 2.08. The van der Waals surface area contributed by atoms with Gasteiger partial charge in [-0.15, -0.1) is 0 Å². The van der Waals surface area contributed by atoms with E-state index < -0.39 is 5.97 Å². The Labute approximate surface area is 153 Å². The van der Waals surface area contributed by atoms with Crippen LogP contribution in [0.2, 0.25) is 0 Å². The van der Waals surface area contributed by atoms with Gasteiger partial charge in [0.15, 0.2) is 0 Å². The first kappa shape index (κ1) is 17.7. The van der Waals surface area contributed by atoms with Crippen molar-refractivity contribution in [2.45, 2.75) is 25.7 Å². The average Bonchev–Trinajstić information content (AvgIpc) is 2.66. The first-order valence-corrected chi connectivity index (χ1v) is 8.78. The molecule has 3 heteroatoms. The number of hydrogen-bond acceptors (Lipinski definition) is 2. The normalized spacial score (nSPS) is 11.9. The highest BCUT2D eigenvalue weighted by atomic mass is 16.4. The number of phenols is 1. The molecule has 0 amide bonds. The summed E-state index contributed by atoms with van der Waals surface area (Å²) in [4.78, 5) is 11.2. The van der Waals surface area contributed by atoms with Crippen molar-refractivity contribution >= 4 is 5.97 Å². The Morgan fingerprint density at radius 2 is 1.65 bits per heavy atom. The second-order valence-corrected chi connectivity index (χ2v) is 6.38. The third-order valence-corrected chi connectivity index (χ3v) is 4.75. The summed E-state index contributed by atoms with van der Waals surface area (Å²) in [6.45, 7) is 2.13. The molecule has 132 valence electrons. The van der Waals surface area contributed by atoms with Crippen LogP contribution in [0.15, 0.2) is 72.8 Å². The lowest BCUT2D eigenvalue weighted by atomic mass is 9.82. The summed E-state index contributed by atoms with van der Waals surface area (Å²) in [5, 5.41) is 19.3. The summed E-state index contributed by atoms with van der Waals surface area (Å²) in [7, 11) is 0. The number of hydrogen-bond donors (Lipinski definition) is 2. The molecule has 0 radical (unpaired) electrons. The highest BCUT2D eigenvalue weighted by Gasteiger charge is 2.20. The maximum Gasteiger partial charge on any atom is 0.339 e.